The minimum atomic E-state index is -0.457. The lowest BCUT2D eigenvalue weighted by atomic mass is 10.2. The van der Waals surface area contributed by atoms with Crippen LogP contribution in [0, 0.1) is 6.92 Å². The Balaban J connectivity index is 1.55. The van der Waals surface area contributed by atoms with E-state index in [0.29, 0.717) is 46.6 Å². The number of rotatable bonds is 3. The number of methoxy groups -OCH3 is 1. The third kappa shape index (κ3) is 4.45. The fraction of sp³-hybridized carbons (Fsp3) is 0.316. The monoisotopic (exact) mass is 421 g/mol. The molecular weight excluding hydrogens is 402 g/mol. The first-order chi connectivity index (χ1) is 13.4. The minimum absolute atomic E-state index is 0.148. The normalized spacial score (nSPS) is 14.0. The number of esters is 1. The van der Waals surface area contributed by atoms with Gasteiger partial charge in [0.1, 0.15) is 4.88 Å². The van der Waals surface area contributed by atoms with Gasteiger partial charge in [-0.25, -0.2) is 9.59 Å². The number of ether oxygens (including phenoxy) is 1. The number of anilines is 1. The van der Waals surface area contributed by atoms with Crippen LogP contribution in [-0.2, 0) is 4.74 Å². The topological polar surface area (TPSA) is 79.0 Å². The van der Waals surface area contributed by atoms with Gasteiger partial charge >= 0.3 is 12.0 Å². The average molecular weight is 422 g/mol. The van der Waals surface area contributed by atoms with Crippen LogP contribution >= 0.6 is 22.9 Å². The molecule has 9 heteroatoms. The number of carbonyl (C=O) groups excluding carboxylic acids is 3. The maximum Gasteiger partial charge on any atom is 0.348 e. The van der Waals surface area contributed by atoms with E-state index in [-0.39, 0.29) is 11.9 Å². The molecule has 1 N–H and O–H groups in total. The number of nitrogens with one attached hydrogen (secondary N) is 1. The Labute approximate surface area is 171 Å². The highest BCUT2D eigenvalue weighted by atomic mass is 35.5. The predicted octanol–water partition coefficient (Wildman–Crippen LogP) is 3.49. The second-order valence-electron chi connectivity index (χ2n) is 6.33. The van der Waals surface area contributed by atoms with Gasteiger partial charge in [-0.15, -0.1) is 11.3 Å². The molecular formula is C19H20ClN3O4S. The van der Waals surface area contributed by atoms with Gasteiger partial charge in [0.05, 0.1) is 12.0 Å². The molecule has 0 bridgehead atoms. The van der Waals surface area contributed by atoms with Crippen LogP contribution in [0.4, 0.5) is 10.5 Å². The lowest BCUT2D eigenvalue weighted by Crippen LogP contribution is -2.51. The molecule has 0 unspecified atom stereocenters. The molecule has 0 atom stereocenters. The molecule has 2 heterocycles. The van der Waals surface area contributed by atoms with Crippen LogP contribution in [0.2, 0.25) is 5.02 Å². The van der Waals surface area contributed by atoms with Crippen molar-refractivity contribution in [3.8, 4) is 0 Å². The molecule has 0 aliphatic carbocycles. The highest BCUT2D eigenvalue weighted by molar-refractivity contribution is 7.15. The van der Waals surface area contributed by atoms with E-state index in [2.05, 4.69) is 10.1 Å². The van der Waals surface area contributed by atoms with Crippen molar-refractivity contribution in [2.45, 2.75) is 6.92 Å². The standard InChI is InChI=1S/C19H20ClN3O4S/c1-12-3-4-13(11-14(12)20)21-19(26)23-9-7-22(8-10-23)17(24)15-5-6-16(28-15)18(25)27-2/h3-6,11H,7-10H2,1-2H3,(H,21,26). The van der Waals surface area contributed by atoms with Crippen molar-refractivity contribution in [3.05, 3.63) is 50.7 Å². The van der Waals surface area contributed by atoms with Crippen LogP contribution in [-0.4, -0.2) is 61.0 Å². The van der Waals surface area contributed by atoms with Crippen molar-refractivity contribution in [2.75, 3.05) is 38.6 Å². The lowest BCUT2D eigenvalue weighted by Gasteiger charge is -2.34. The van der Waals surface area contributed by atoms with E-state index in [9.17, 15) is 14.4 Å². The number of hydrogen-bond acceptors (Lipinski definition) is 5. The lowest BCUT2D eigenvalue weighted by molar-refractivity contribution is 0.0606. The molecule has 0 spiro atoms. The summed E-state index contributed by atoms with van der Waals surface area (Å²) in [5.41, 5.74) is 1.57. The summed E-state index contributed by atoms with van der Waals surface area (Å²) in [6.45, 7) is 3.59. The molecule has 1 aromatic carbocycles. The Morgan fingerprint density at radius 2 is 1.68 bits per heavy atom. The predicted molar refractivity (Wildman–Crippen MR) is 108 cm³/mol. The summed E-state index contributed by atoms with van der Waals surface area (Å²) < 4.78 is 4.67. The number of urea groups is 1. The van der Waals surface area contributed by atoms with Crippen molar-refractivity contribution in [1.29, 1.82) is 0 Å². The highest BCUT2D eigenvalue weighted by Crippen LogP contribution is 2.22. The van der Waals surface area contributed by atoms with Crippen LogP contribution in [0.15, 0.2) is 30.3 Å². The summed E-state index contributed by atoms with van der Waals surface area (Å²) in [6, 6.07) is 8.34. The Morgan fingerprint density at radius 3 is 2.32 bits per heavy atom. The number of thiophene rings is 1. The fourth-order valence-electron chi connectivity index (χ4n) is 2.80. The van der Waals surface area contributed by atoms with Gasteiger partial charge in [0.15, 0.2) is 0 Å². The molecule has 148 valence electrons. The van der Waals surface area contributed by atoms with Crippen molar-refractivity contribution < 1.29 is 19.1 Å². The molecule has 2 aromatic rings. The van der Waals surface area contributed by atoms with E-state index < -0.39 is 5.97 Å². The minimum Gasteiger partial charge on any atom is -0.465 e. The molecule has 1 saturated heterocycles. The molecule has 0 saturated carbocycles. The van der Waals surface area contributed by atoms with Gasteiger partial charge in [0.25, 0.3) is 5.91 Å². The van der Waals surface area contributed by atoms with Crippen LogP contribution in [0.5, 0.6) is 0 Å². The van der Waals surface area contributed by atoms with E-state index in [1.807, 2.05) is 13.0 Å². The third-order valence-corrected chi connectivity index (χ3v) is 5.94. The first kappa shape index (κ1) is 20.2. The second-order valence-corrected chi connectivity index (χ2v) is 7.82. The third-order valence-electron chi connectivity index (χ3n) is 4.48. The molecule has 7 nitrogen and oxygen atoms in total. The fourth-order valence-corrected chi connectivity index (χ4v) is 3.88. The molecule has 3 amide bonds. The number of halogens is 1. The maximum atomic E-state index is 12.6. The van der Waals surface area contributed by atoms with E-state index in [0.717, 1.165) is 16.9 Å². The Morgan fingerprint density at radius 1 is 1.04 bits per heavy atom. The molecule has 1 aliphatic rings. The first-order valence-corrected chi connectivity index (χ1v) is 9.88. The second kappa shape index (κ2) is 8.62. The van der Waals surface area contributed by atoms with E-state index in [1.54, 1.807) is 34.1 Å². The zero-order valence-electron chi connectivity index (χ0n) is 15.5. The molecule has 3 rings (SSSR count). The molecule has 1 aromatic heterocycles. The smallest absolute Gasteiger partial charge is 0.348 e. The van der Waals surface area contributed by atoms with Crippen LogP contribution in [0.25, 0.3) is 0 Å². The summed E-state index contributed by atoms with van der Waals surface area (Å²) in [6.07, 6.45) is 0. The summed E-state index contributed by atoms with van der Waals surface area (Å²) in [4.78, 5) is 40.8. The number of amides is 3. The summed E-state index contributed by atoms with van der Waals surface area (Å²) in [5, 5.41) is 3.42. The van der Waals surface area contributed by atoms with Crippen molar-refractivity contribution in [3.63, 3.8) is 0 Å². The van der Waals surface area contributed by atoms with Gasteiger partial charge in [0, 0.05) is 36.9 Å². The first-order valence-electron chi connectivity index (χ1n) is 8.68. The van der Waals surface area contributed by atoms with Gasteiger partial charge in [-0.1, -0.05) is 17.7 Å². The zero-order chi connectivity index (χ0) is 20.3. The van der Waals surface area contributed by atoms with Crippen LogP contribution in [0.3, 0.4) is 0 Å². The molecule has 0 radical (unpaired) electrons. The average Bonchev–Trinajstić information content (AvgIpc) is 3.20. The van der Waals surface area contributed by atoms with Gasteiger partial charge in [-0.2, -0.15) is 0 Å². The van der Waals surface area contributed by atoms with Gasteiger partial charge in [-0.05, 0) is 36.8 Å². The quantitative estimate of drug-likeness (QED) is 0.769. The Bertz CT molecular complexity index is 906. The number of carbonyl (C=O) groups is 3. The van der Waals surface area contributed by atoms with Gasteiger partial charge in [-0.3, -0.25) is 4.79 Å². The summed E-state index contributed by atoms with van der Waals surface area (Å²) in [7, 11) is 1.30. The maximum absolute atomic E-state index is 12.6. The Hall–Kier alpha value is -2.58. The van der Waals surface area contributed by atoms with Gasteiger partial charge < -0.3 is 19.9 Å². The van der Waals surface area contributed by atoms with E-state index >= 15 is 0 Å². The number of nitrogens with zero attached hydrogens (tertiary/aromatic N) is 2. The number of hydrogen-bond donors (Lipinski definition) is 1. The van der Waals surface area contributed by atoms with Crippen molar-refractivity contribution >= 4 is 46.5 Å². The van der Waals surface area contributed by atoms with Crippen molar-refractivity contribution in [1.82, 2.24) is 9.80 Å². The largest absolute Gasteiger partial charge is 0.465 e. The number of benzene rings is 1. The Kier molecular flexibility index (Phi) is 6.21. The number of piperazine rings is 1. The van der Waals surface area contributed by atoms with E-state index in [1.165, 1.54) is 7.11 Å². The molecule has 1 fully saturated rings. The molecule has 1 aliphatic heterocycles. The zero-order valence-corrected chi connectivity index (χ0v) is 17.1. The van der Waals surface area contributed by atoms with Crippen LogP contribution in [0.1, 0.15) is 24.9 Å². The SMILES string of the molecule is COC(=O)c1ccc(C(=O)N2CCN(C(=O)Nc3ccc(C)c(Cl)c3)CC2)s1. The molecule has 28 heavy (non-hydrogen) atoms. The van der Waals surface area contributed by atoms with Gasteiger partial charge in [0.2, 0.25) is 0 Å². The van der Waals surface area contributed by atoms with Crippen molar-refractivity contribution in [2.24, 2.45) is 0 Å². The number of aryl methyl sites for hydroxylation is 1. The highest BCUT2D eigenvalue weighted by Gasteiger charge is 2.26. The summed E-state index contributed by atoms with van der Waals surface area (Å²) in [5.74, 6) is -0.604. The summed E-state index contributed by atoms with van der Waals surface area (Å²) >= 11 is 7.20. The van der Waals surface area contributed by atoms with Crippen LogP contribution < -0.4 is 5.32 Å². The van der Waals surface area contributed by atoms with E-state index in [4.69, 9.17) is 11.6 Å².